The largest absolute Gasteiger partial charge is 0.381 e. The van der Waals surface area contributed by atoms with Crippen LogP contribution in [-0.2, 0) is 18.9 Å². The monoisotopic (exact) mass is 410 g/mol. The van der Waals surface area contributed by atoms with E-state index < -0.39 is 0 Å². The first-order valence-corrected chi connectivity index (χ1v) is 12.0. The molecule has 0 saturated heterocycles. The summed E-state index contributed by atoms with van der Waals surface area (Å²) in [6.07, 6.45) is 10.8. The van der Waals surface area contributed by atoms with Crippen LogP contribution < -0.4 is 0 Å². The fourth-order valence-corrected chi connectivity index (χ4v) is 5.13. The van der Waals surface area contributed by atoms with Gasteiger partial charge in [0.25, 0.3) is 0 Å². The Morgan fingerprint density at radius 1 is 0.690 bits per heavy atom. The van der Waals surface area contributed by atoms with E-state index in [1.807, 2.05) is 0 Å². The summed E-state index contributed by atoms with van der Waals surface area (Å²) in [6.45, 7) is 16.7. The number of rotatable bonds is 11. The molecule has 0 aromatic heterocycles. The molecule has 0 amide bonds. The molecule has 0 atom stereocenters. The lowest BCUT2D eigenvalue weighted by molar-refractivity contribution is -0.158. The first-order valence-electron chi connectivity index (χ1n) is 12.0. The van der Waals surface area contributed by atoms with Gasteiger partial charge in [0.1, 0.15) is 0 Å². The molecule has 0 aromatic rings. The summed E-state index contributed by atoms with van der Waals surface area (Å²) < 4.78 is 23.6. The van der Waals surface area contributed by atoms with Gasteiger partial charge in [-0.05, 0) is 88.9 Å². The minimum absolute atomic E-state index is 0.0419. The summed E-state index contributed by atoms with van der Waals surface area (Å²) in [5, 5.41) is 0. The van der Waals surface area contributed by atoms with Gasteiger partial charge < -0.3 is 18.9 Å². The van der Waals surface area contributed by atoms with E-state index in [1.165, 1.54) is 25.7 Å². The average molecular weight is 411 g/mol. The number of ether oxygens (including phenoxy) is 4. The zero-order valence-electron chi connectivity index (χ0n) is 19.9. The molecule has 3 aliphatic rings. The fraction of sp³-hybridized carbons (Fsp3) is 1.00. The molecule has 1 spiro atoms. The summed E-state index contributed by atoms with van der Waals surface area (Å²) in [4.78, 5) is 0. The van der Waals surface area contributed by atoms with Gasteiger partial charge in [-0.1, -0.05) is 20.8 Å². The predicted molar refractivity (Wildman–Crippen MR) is 117 cm³/mol. The Bertz CT molecular complexity index is 484. The normalized spacial score (nSPS) is 34.6. The van der Waals surface area contributed by atoms with Gasteiger partial charge in [0, 0.05) is 26.4 Å². The Labute approximate surface area is 179 Å². The van der Waals surface area contributed by atoms with Gasteiger partial charge in [-0.25, -0.2) is 0 Å². The molecule has 0 unspecified atom stereocenters. The van der Waals surface area contributed by atoms with E-state index >= 15 is 0 Å². The second-order valence-electron chi connectivity index (χ2n) is 12.0. The van der Waals surface area contributed by atoms with Crippen molar-refractivity contribution in [2.45, 2.75) is 117 Å². The Morgan fingerprint density at radius 2 is 1.24 bits per heavy atom. The van der Waals surface area contributed by atoms with Crippen molar-refractivity contribution in [2.24, 2.45) is 16.7 Å². The van der Waals surface area contributed by atoms with Gasteiger partial charge in [-0.15, -0.1) is 0 Å². The van der Waals surface area contributed by atoms with Gasteiger partial charge in [-0.2, -0.15) is 0 Å². The van der Waals surface area contributed by atoms with E-state index in [0.29, 0.717) is 29.1 Å². The van der Waals surface area contributed by atoms with Crippen molar-refractivity contribution in [3.05, 3.63) is 0 Å². The number of hydrogen-bond acceptors (Lipinski definition) is 4. The molecule has 0 aromatic carbocycles. The fourth-order valence-electron chi connectivity index (χ4n) is 5.13. The van der Waals surface area contributed by atoms with Crippen LogP contribution in [0.2, 0.25) is 0 Å². The third-order valence-corrected chi connectivity index (χ3v) is 7.05. The highest BCUT2D eigenvalue weighted by molar-refractivity contribution is 5.06. The van der Waals surface area contributed by atoms with E-state index in [1.54, 1.807) is 0 Å². The van der Waals surface area contributed by atoms with Crippen LogP contribution in [0.3, 0.4) is 0 Å². The van der Waals surface area contributed by atoms with E-state index in [-0.39, 0.29) is 5.60 Å². The Kier molecular flexibility index (Phi) is 7.73. The molecule has 3 rings (SSSR count). The SMILES string of the molecule is CC(C)(C)OC1CC(OCCCOCCCOC2CC3(C2)CC(C(C)(C)C)C3)C1. The molecule has 0 aliphatic heterocycles. The highest BCUT2D eigenvalue weighted by Crippen LogP contribution is 2.63. The molecule has 0 radical (unpaired) electrons. The lowest BCUT2D eigenvalue weighted by Gasteiger charge is -2.60. The first-order chi connectivity index (χ1) is 13.5. The minimum atomic E-state index is -0.0419. The Balaban J connectivity index is 1.06. The van der Waals surface area contributed by atoms with Gasteiger partial charge in [-0.3, -0.25) is 0 Å². The summed E-state index contributed by atoms with van der Waals surface area (Å²) in [5.74, 6) is 0.920. The van der Waals surface area contributed by atoms with Crippen molar-refractivity contribution < 1.29 is 18.9 Å². The smallest absolute Gasteiger partial charge is 0.0631 e. The van der Waals surface area contributed by atoms with Crippen molar-refractivity contribution in [1.82, 2.24) is 0 Å². The summed E-state index contributed by atoms with van der Waals surface area (Å²) in [5.41, 5.74) is 1.10. The molecule has 3 saturated carbocycles. The van der Waals surface area contributed by atoms with E-state index in [4.69, 9.17) is 18.9 Å². The minimum Gasteiger partial charge on any atom is -0.381 e. The second kappa shape index (κ2) is 9.54. The maximum atomic E-state index is 6.04. The summed E-state index contributed by atoms with van der Waals surface area (Å²) >= 11 is 0. The van der Waals surface area contributed by atoms with E-state index in [2.05, 4.69) is 41.5 Å². The number of hydrogen-bond donors (Lipinski definition) is 0. The molecule has 0 N–H and O–H groups in total. The molecule has 3 fully saturated rings. The van der Waals surface area contributed by atoms with E-state index in [9.17, 15) is 0 Å². The van der Waals surface area contributed by atoms with Crippen LogP contribution in [0.1, 0.15) is 92.9 Å². The Morgan fingerprint density at radius 3 is 1.76 bits per heavy atom. The first kappa shape index (κ1) is 23.5. The molecule has 170 valence electrons. The third-order valence-electron chi connectivity index (χ3n) is 7.05. The van der Waals surface area contributed by atoms with Crippen LogP contribution in [0.4, 0.5) is 0 Å². The van der Waals surface area contributed by atoms with Gasteiger partial charge >= 0.3 is 0 Å². The topological polar surface area (TPSA) is 36.9 Å². The summed E-state index contributed by atoms with van der Waals surface area (Å²) in [7, 11) is 0. The van der Waals surface area contributed by atoms with Crippen molar-refractivity contribution in [1.29, 1.82) is 0 Å². The van der Waals surface area contributed by atoms with Crippen molar-refractivity contribution in [3.8, 4) is 0 Å². The average Bonchev–Trinajstić information content (AvgIpc) is 2.47. The maximum Gasteiger partial charge on any atom is 0.0631 e. The standard InChI is InChI=1S/C25H46O4/c1-23(2,3)19-15-25(16-19)17-22(18-25)28-12-8-10-26-9-7-11-27-20-13-21(14-20)29-24(4,5)6/h19-22H,7-18H2,1-6H3. The van der Waals surface area contributed by atoms with Crippen LogP contribution in [0, 0.1) is 16.7 Å². The third kappa shape index (κ3) is 7.19. The molecular weight excluding hydrogens is 364 g/mol. The second-order valence-corrected chi connectivity index (χ2v) is 12.0. The Hall–Kier alpha value is -0.160. The molecular formula is C25H46O4. The zero-order chi connectivity index (χ0) is 21.1. The highest BCUT2D eigenvalue weighted by Gasteiger charge is 2.55. The lowest BCUT2D eigenvalue weighted by Crippen LogP contribution is -2.53. The maximum absolute atomic E-state index is 6.04. The molecule has 0 bridgehead atoms. The van der Waals surface area contributed by atoms with Crippen molar-refractivity contribution in [3.63, 3.8) is 0 Å². The molecule has 0 heterocycles. The van der Waals surface area contributed by atoms with Crippen LogP contribution in [0.25, 0.3) is 0 Å². The van der Waals surface area contributed by atoms with Crippen LogP contribution >= 0.6 is 0 Å². The van der Waals surface area contributed by atoms with Gasteiger partial charge in [0.15, 0.2) is 0 Å². The highest BCUT2D eigenvalue weighted by atomic mass is 16.5. The van der Waals surface area contributed by atoms with Crippen molar-refractivity contribution in [2.75, 3.05) is 26.4 Å². The van der Waals surface area contributed by atoms with Crippen LogP contribution in [0.5, 0.6) is 0 Å². The zero-order valence-corrected chi connectivity index (χ0v) is 19.9. The molecule has 3 aliphatic carbocycles. The predicted octanol–water partition coefficient (Wildman–Crippen LogP) is 5.77. The van der Waals surface area contributed by atoms with Gasteiger partial charge in [0.2, 0.25) is 0 Å². The molecule has 29 heavy (non-hydrogen) atoms. The molecule has 4 nitrogen and oxygen atoms in total. The van der Waals surface area contributed by atoms with Crippen LogP contribution in [-0.4, -0.2) is 50.3 Å². The summed E-state index contributed by atoms with van der Waals surface area (Å²) in [6, 6.07) is 0. The molecule has 4 heteroatoms. The van der Waals surface area contributed by atoms with Gasteiger partial charge in [0.05, 0.1) is 23.9 Å². The van der Waals surface area contributed by atoms with Crippen LogP contribution in [0.15, 0.2) is 0 Å². The quantitative estimate of drug-likeness (QED) is 0.405. The van der Waals surface area contributed by atoms with Crippen molar-refractivity contribution >= 4 is 0 Å². The lowest BCUT2D eigenvalue weighted by atomic mass is 9.46. The van der Waals surface area contributed by atoms with E-state index in [0.717, 1.165) is 58.0 Å².